The zero-order valence-electron chi connectivity index (χ0n) is 19.7. The van der Waals surface area contributed by atoms with Gasteiger partial charge in [0.1, 0.15) is 12.1 Å². The van der Waals surface area contributed by atoms with Gasteiger partial charge < -0.3 is 14.8 Å². The molecule has 0 spiro atoms. The van der Waals surface area contributed by atoms with Crippen LogP contribution in [0.15, 0.2) is 42.5 Å². The quantitative estimate of drug-likeness (QED) is 0.468. The standard InChI is InChI=1S/C24H33ClN2O5S/c1-16(2)23(27-33(5,29)30)24(28)26-13-12-19-8-11-21(22(15-19)31-4)32-17(3)14-18-6-9-20(25)10-7-18/h6-11,15-17,23,27H,12-14H2,1-5H3,(H,26,28). The third-order valence-corrected chi connectivity index (χ3v) is 5.93. The van der Waals surface area contributed by atoms with Crippen LogP contribution in [0.1, 0.15) is 31.9 Å². The highest BCUT2D eigenvalue weighted by Crippen LogP contribution is 2.29. The summed E-state index contributed by atoms with van der Waals surface area (Å²) in [7, 11) is -1.90. The number of hydrogen-bond acceptors (Lipinski definition) is 5. The van der Waals surface area contributed by atoms with Crippen LogP contribution in [-0.4, -0.2) is 46.4 Å². The summed E-state index contributed by atoms with van der Waals surface area (Å²) in [5.41, 5.74) is 2.09. The van der Waals surface area contributed by atoms with Crippen molar-refractivity contribution in [2.45, 2.75) is 45.8 Å². The molecule has 2 atom stereocenters. The van der Waals surface area contributed by atoms with Crippen molar-refractivity contribution in [3.05, 3.63) is 58.6 Å². The van der Waals surface area contributed by atoms with Gasteiger partial charge in [0.25, 0.3) is 0 Å². The van der Waals surface area contributed by atoms with Gasteiger partial charge in [-0.05, 0) is 54.7 Å². The van der Waals surface area contributed by atoms with Crippen LogP contribution >= 0.6 is 11.6 Å². The maximum atomic E-state index is 12.4. The van der Waals surface area contributed by atoms with Gasteiger partial charge in [-0.3, -0.25) is 4.79 Å². The highest BCUT2D eigenvalue weighted by molar-refractivity contribution is 7.88. The van der Waals surface area contributed by atoms with Crippen molar-refractivity contribution < 1.29 is 22.7 Å². The minimum Gasteiger partial charge on any atom is -0.493 e. The number of amides is 1. The first-order valence-corrected chi connectivity index (χ1v) is 13.1. The van der Waals surface area contributed by atoms with E-state index in [2.05, 4.69) is 10.0 Å². The lowest BCUT2D eigenvalue weighted by Crippen LogP contribution is -2.49. The van der Waals surface area contributed by atoms with Crippen molar-refractivity contribution in [3.63, 3.8) is 0 Å². The van der Waals surface area contributed by atoms with Gasteiger partial charge in [0.2, 0.25) is 15.9 Å². The van der Waals surface area contributed by atoms with Crippen LogP contribution in [0.3, 0.4) is 0 Å². The Morgan fingerprint density at radius 2 is 1.67 bits per heavy atom. The Morgan fingerprint density at radius 1 is 1.03 bits per heavy atom. The lowest BCUT2D eigenvalue weighted by atomic mass is 10.0. The van der Waals surface area contributed by atoms with Gasteiger partial charge in [-0.15, -0.1) is 0 Å². The maximum Gasteiger partial charge on any atom is 0.238 e. The average molecular weight is 497 g/mol. The van der Waals surface area contributed by atoms with Gasteiger partial charge in [-0.1, -0.05) is 43.6 Å². The van der Waals surface area contributed by atoms with Crippen LogP contribution in [-0.2, 0) is 27.7 Å². The number of hydrogen-bond donors (Lipinski definition) is 2. The number of carbonyl (C=O) groups is 1. The number of carbonyl (C=O) groups excluding carboxylic acids is 1. The van der Waals surface area contributed by atoms with E-state index in [1.807, 2.05) is 49.4 Å². The third kappa shape index (κ3) is 9.23. The summed E-state index contributed by atoms with van der Waals surface area (Å²) in [6, 6.07) is 12.5. The van der Waals surface area contributed by atoms with E-state index in [1.165, 1.54) is 0 Å². The predicted octanol–water partition coefficient (Wildman–Crippen LogP) is 3.59. The predicted molar refractivity (Wildman–Crippen MR) is 132 cm³/mol. The summed E-state index contributed by atoms with van der Waals surface area (Å²) < 4.78 is 37.0. The molecule has 182 valence electrons. The number of halogens is 1. The molecular formula is C24H33ClN2O5S. The van der Waals surface area contributed by atoms with Crippen LogP contribution in [0, 0.1) is 5.92 Å². The van der Waals surface area contributed by atoms with Crippen molar-refractivity contribution in [1.29, 1.82) is 0 Å². The summed E-state index contributed by atoms with van der Waals surface area (Å²) in [5, 5.41) is 3.50. The van der Waals surface area contributed by atoms with E-state index in [9.17, 15) is 13.2 Å². The highest BCUT2D eigenvalue weighted by Gasteiger charge is 2.25. The Hall–Kier alpha value is -2.29. The molecular weight excluding hydrogens is 464 g/mol. The van der Waals surface area contributed by atoms with Crippen molar-refractivity contribution in [3.8, 4) is 11.5 Å². The summed E-state index contributed by atoms with van der Waals surface area (Å²) in [6.07, 6.45) is 2.27. The molecule has 0 heterocycles. The SMILES string of the molecule is COc1cc(CCNC(=O)C(NS(C)(=O)=O)C(C)C)ccc1OC(C)Cc1ccc(Cl)cc1. The van der Waals surface area contributed by atoms with Crippen molar-refractivity contribution >= 4 is 27.5 Å². The first-order valence-electron chi connectivity index (χ1n) is 10.8. The van der Waals surface area contributed by atoms with Crippen molar-refractivity contribution in [2.75, 3.05) is 19.9 Å². The number of sulfonamides is 1. The van der Waals surface area contributed by atoms with E-state index in [1.54, 1.807) is 21.0 Å². The molecule has 1 amide bonds. The summed E-state index contributed by atoms with van der Waals surface area (Å²) in [5.74, 6) is 0.731. The van der Waals surface area contributed by atoms with E-state index < -0.39 is 16.1 Å². The Morgan fingerprint density at radius 3 is 2.24 bits per heavy atom. The fourth-order valence-corrected chi connectivity index (χ4v) is 4.31. The Kier molecular flexibility index (Phi) is 10.0. The first-order chi connectivity index (χ1) is 15.5. The van der Waals surface area contributed by atoms with Gasteiger partial charge >= 0.3 is 0 Å². The second kappa shape index (κ2) is 12.3. The third-order valence-electron chi connectivity index (χ3n) is 5.00. The van der Waals surface area contributed by atoms with Gasteiger partial charge in [0.15, 0.2) is 11.5 Å². The maximum absolute atomic E-state index is 12.4. The summed E-state index contributed by atoms with van der Waals surface area (Å²) >= 11 is 5.94. The minimum absolute atomic E-state index is 0.0690. The zero-order chi connectivity index (χ0) is 24.6. The second-order valence-corrected chi connectivity index (χ2v) is 10.6. The first kappa shape index (κ1) is 27.0. The Bertz CT molecular complexity index is 1030. The molecule has 2 rings (SSSR count). The van der Waals surface area contributed by atoms with Crippen LogP contribution in [0.25, 0.3) is 0 Å². The lowest BCUT2D eigenvalue weighted by molar-refractivity contribution is -0.123. The molecule has 0 aliphatic rings. The summed E-state index contributed by atoms with van der Waals surface area (Å²) in [4.78, 5) is 12.4. The highest BCUT2D eigenvalue weighted by atomic mass is 35.5. The monoisotopic (exact) mass is 496 g/mol. The molecule has 0 bridgehead atoms. The molecule has 0 aromatic heterocycles. The van der Waals surface area contributed by atoms with Crippen LogP contribution < -0.4 is 19.5 Å². The molecule has 2 N–H and O–H groups in total. The molecule has 0 fully saturated rings. The molecule has 0 saturated carbocycles. The molecule has 0 saturated heterocycles. The number of methoxy groups -OCH3 is 1. The van der Waals surface area contributed by atoms with E-state index in [4.69, 9.17) is 21.1 Å². The molecule has 0 aliphatic heterocycles. The van der Waals surface area contributed by atoms with Crippen molar-refractivity contribution in [2.24, 2.45) is 5.92 Å². The Labute approximate surface area is 201 Å². The second-order valence-electron chi connectivity index (χ2n) is 8.40. The van der Waals surface area contributed by atoms with Crippen LogP contribution in [0.2, 0.25) is 5.02 Å². The van der Waals surface area contributed by atoms with E-state index >= 15 is 0 Å². The largest absolute Gasteiger partial charge is 0.493 e. The van der Waals surface area contributed by atoms with E-state index in [-0.39, 0.29) is 17.9 Å². The Balaban J connectivity index is 1.94. The van der Waals surface area contributed by atoms with E-state index in [0.717, 1.165) is 23.8 Å². The topological polar surface area (TPSA) is 93.7 Å². The number of ether oxygens (including phenoxy) is 2. The average Bonchev–Trinajstić information content (AvgIpc) is 2.73. The van der Waals surface area contributed by atoms with Crippen LogP contribution in [0.5, 0.6) is 11.5 Å². The van der Waals surface area contributed by atoms with Gasteiger partial charge in [0, 0.05) is 18.0 Å². The van der Waals surface area contributed by atoms with Gasteiger partial charge in [0.05, 0.1) is 13.4 Å². The lowest BCUT2D eigenvalue weighted by Gasteiger charge is -2.20. The molecule has 7 nitrogen and oxygen atoms in total. The normalized spacial score (nSPS) is 13.4. The fraction of sp³-hybridized carbons (Fsp3) is 0.458. The molecule has 2 aromatic carbocycles. The van der Waals surface area contributed by atoms with Gasteiger partial charge in [-0.25, -0.2) is 13.1 Å². The zero-order valence-corrected chi connectivity index (χ0v) is 21.3. The van der Waals surface area contributed by atoms with Gasteiger partial charge in [-0.2, -0.15) is 0 Å². The minimum atomic E-state index is -3.48. The molecule has 2 aromatic rings. The number of rotatable bonds is 12. The molecule has 0 aliphatic carbocycles. The molecule has 33 heavy (non-hydrogen) atoms. The van der Waals surface area contributed by atoms with Crippen molar-refractivity contribution in [1.82, 2.24) is 10.0 Å². The van der Waals surface area contributed by atoms with Crippen LogP contribution in [0.4, 0.5) is 0 Å². The smallest absolute Gasteiger partial charge is 0.238 e. The number of benzene rings is 2. The summed E-state index contributed by atoms with van der Waals surface area (Å²) in [6.45, 7) is 5.94. The molecule has 2 unspecified atom stereocenters. The number of nitrogens with one attached hydrogen (secondary N) is 2. The molecule has 0 radical (unpaired) electrons. The molecule has 9 heteroatoms. The van der Waals surface area contributed by atoms with E-state index in [0.29, 0.717) is 29.5 Å². The fourth-order valence-electron chi connectivity index (χ4n) is 3.34.